The van der Waals surface area contributed by atoms with Gasteiger partial charge in [-0.1, -0.05) is 37.6 Å². The second-order valence-electron chi connectivity index (χ2n) is 9.86. The van der Waals surface area contributed by atoms with Crippen LogP contribution in [0.1, 0.15) is 33.3 Å². The van der Waals surface area contributed by atoms with Crippen LogP contribution in [-0.2, 0) is 26.2 Å². The van der Waals surface area contributed by atoms with Crippen molar-refractivity contribution in [1.82, 2.24) is 10.2 Å². The van der Waals surface area contributed by atoms with Crippen LogP contribution in [0.25, 0.3) is 0 Å². The molecule has 0 aliphatic carbocycles. The van der Waals surface area contributed by atoms with Crippen LogP contribution in [-0.4, -0.2) is 50.9 Å². The largest absolute Gasteiger partial charge is 0.494 e. The van der Waals surface area contributed by atoms with Crippen molar-refractivity contribution < 1.29 is 27.1 Å². The summed E-state index contributed by atoms with van der Waals surface area (Å²) < 4.78 is 47.6. The fraction of sp³-hybridized carbons (Fsp3) is 0.333. The summed E-state index contributed by atoms with van der Waals surface area (Å²) in [5, 5.41) is 3.36. The van der Waals surface area contributed by atoms with E-state index in [-0.39, 0.29) is 29.0 Å². The molecule has 0 fully saturated rings. The quantitative estimate of drug-likeness (QED) is 0.287. The highest BCUT2D eigenvalue weighted by molar-refractivity contribution is 7.92. The van der Waals surface area contributed by atoms with Gasteiger partial charge in [0.05, 0.1) is 17.2 Å². The van der Waals surface area contributed by atoms with Crippen molar-refractivity contribution in [2.45, 2.75) is 45.2 Å². The van der Waals surface area contributed by atoms with Crippen LogP contribution in [0.4, 0.5) is 10.1 Å². The molecule has 11 heteroatoms. The van der Waals surface area contributed by atoms with Gasteiger partial charge in [0.15, 0.2) is 0 Å². The molecule has 3 aromatic carbocycles. The van der Waals surface area contributed by atoms with E-state index < -0.39 is 34.3 Å². The van der Waals surface area contributed by atoms with E-state index >= 15 is 0 Å². The second kappa shape index (κ2) is 14.3. The third-order valence-electron chi connectivity index (χ3n) is 6.23. The first-order valence-electron chi connectivity index (χ1n) is 13.2. The van der Waals surface area contributed by atoms with Gasteiger partial charge in [0.1, 0.15) is 24.2 Å². The fourth-order valence-electron chi connectivity index (χ4n) is 3.96. The number of rotatable bonds is 13. The molecule has 0 aliphatic rings. The number of sulfonamides is 1. The molecule has 0 bridgehead atoms. The zero-order valence-corrected chi connectivity index (χ0v) is 25.1. The Morgan fingerprint density at radius 3 is 2.12 bits per heavy atom. The monoisotopic (exact) mass is 603 g/mol. The normalized spacial score (nSPS) is 12.1. The van der Waals surface area contributed by atoms with Crippen LogP contribution in [0.3, 0.4) is 0 Å². The number of ether oxygens (including phenoxy) is 1. The van der Waals surface area contributed by atoms with Gasteiger partial charge in [-0.2, -0.15) is 0 Å². The molecule has 0 aromatic heterocycles. The van der Waals surface area contributed by atoms with Crippen LogP contribution >= 0.6 is 11.6 Å². The Morgan fingerprint density at radius 1 is 0.951 bits per heavy atom. The molecule has 1 N–H and O–H groups in total. The number of hydrogen-bond donors (Lipinski definition) is 1. The van der Waals surface area contributed by atoms with Crippen molar-refractivity contribution in [2.24, 2.45) is 5.92 Å². The van der Waals surface area contributed by atoms with Gasteiger partial charge in [-0.25, -0.2) is 12.8 Å². The third kappa shape index (κ3) is 8.68. The molecule has 0 aliphatic heterocycles. The lowest BCUT2D eigenvalue weighted by Crippen LogP contribution is -2.51. The summed E-state index contributed by atoms with van der Waals surface area (Å²) in [6.45, 7) is 7.61. The minimum Gasteiger partial charge on any atom is -0.494 e. The summed E-state index contributed by atoms with van der Waals surface area (Å²) in [6, 6.07) is 16.5. The van der Waals surface area contributed by atoms with Gasteiger partial charge in [-0.05, 0) is 86.0 Å². The topological polar surface area (TPSA) is 96.0 Å². The molecule has 220 valence electrons. The summed E-state index contributed by atoms with van der Waals surface area (Å²) in [4.78, 5) is 28.1. The molecule has 3 rings (SSSR count). The molecule has 41 heavy (non-hydrogen) atoms. The van der Waals surface area contributed by atoms with Gasteiger partial charge in [0.2, 0.25) is 11.8 Å². The van der Waals surface area contributed by atoms with Crippen molar-refractivity contribution in [1.29, 1.82) is 0 Å². The maximum absolute atomic E-state index is 13.9. The van der Waals surface area contributed by atoms with Crippen LogP contribution in [0.5, 0.6) is 5.75 Å². The van der Waals surface area contributed by atoms with Crippen molar-refractivity contribution in [3.63, 3.8) is 0 Å². The van der Waals surface area contributed by atoms with Crippen molar-refractivity contribution >= 4 is 39.1 Å². The Morgan fingerprint density at radius 2 is 1.56 bits per heavy atom. The second-order valence-corrected chi connectivity index (χ2v) is 12.2. The lowest BCUT2D eigenvalue weighted by Gasteiger charge is -2.32. The number of benzene rings is 3. The first-order valence-corrected chi connectivity index (χ1v) is 15.1. The van der Waals surface area contributed by atoms with Crippen molar-refractivity contribution in [2.75, 3.05) is 24.0 Å². The smallest absolute Gasteiger partial charge is 0.264 e. The van der Waals surface area contributed by atoms with Gasteiger partial charge in [-0.15, -0.1) is 0 Å². The number of amides is 2. The minimum absolute atomic E-state index is 0.0416. The van der Waals surface area contributed by atoms with Gasteiger partial charge >= 0.3 is 0 Å². The average molecular weight is 604 g/mol. The standard InChI is InChI=1S/C30H35ClFN3O5S/c1-5-40-27-14-12-26(13-15-27)35(41(38,39)28-16-10-25(32)11-17-28)20-29(36)34(19-23-6-8-24(31)9-7-23)22(4)30(37)33-18-21(2)3/h6-17,21-22H,5,18-20H2,1-4H3,(H,33,37)/t22-/m1/s1. The lowest BCUT2D eigenvalue weighted by molar-refractivity contribution is -0.139. The molecule has 0 heterocycles. The lowest BCUT2D eigenvalue weighted by atomic mass is 10.1. The number of nitrogens with one attached hydrogen (secondary N) is 1. The van der Waals surface area contributed by atoms with E-state index in [0.717, 1.165) is 28.6 Å². The predicted octanol–water partition coefficient (Wildman–Crippen LogP) is 5.26. The molecular formula is C30H35ClFN3O5S. The average Bonchev–Trinajstić information content (AvgIpc) is 2.94. The Bertz CT molecular complexity index is 1420. The molecule has 8 nitrogen and oxygen atoms in total. The Balaban J connectivity index is 2.01. The van der Waals surface area contributed by atoms with Gasteiger partial charge in [0.25, 0.3) is 10.0 Å². The SMILES string of the molecule is CCOc1ccc(N(CC(=O)N(Cc2ccc(Cl)cc2)[C@H](C)C(=O)NCC(C)C)S(=O)(=O)c2ccc(F)cc2)cc1. The van der Waals surface area contributed by atoms with E-state index in [1.165, 1.54) is 17.0 Å². The molecule has 0 radical (unpaired) electrons. The van der Waals surface area contributed by atoms with E-state index in [9.17, 15) is 22.4 Å². The maximum atomic E-state index is 13.9. The van der Waals surface area contributed by atoms with Gasteiger partial charge in [-0.3, -0.25) is 13.9 Å². The first kappa shape index (κ1) is 31.9. The van der Waals surface area contributed by atoms with Gasteiger partial charge in [0, 0.05) is 18.1 Å². The number of nitrogens with zero attached hydrogens (tertiary/aromatic N) is 2. The first-order chi connectivity index (χ1) is 19.4. The number of carbonyl (C=O) groups is 2. The van der Waals surface area contributed by atoms with E-state index in [4.69, 9.17) is 16.3 Å². The minimum atomic E-state index is -4.31. The highest BCUT2D eigenvalue weighted by Crippen LogP contribution is 2.27. The molecule has 0 unspecified atom stereocenters. The molecule has 0 spiro atoms. The summed E-state index contributed by atoms with van der Waals surface area (Å²) in [7, 11) is -4.31. The van der Waals surface area contributed by atoms with Crippen LogP contribution in [0, 0.1) is 11.7 Å². The summed E-state index contributed by atoms with van der Waals surface area (Å²) in [6.07, 6.45) is 0. The fourth-order valence-corrected chi connectivity index (χ4v) is 5.50. The molecular weight excluding hydrogens is 569 g/mol. The van der Waals surface area contributed by atoms with E-state index in [1.54, 1.807) is 43.3 Å². The summed E-state index contributed by atoms with van der Waals surface area (Å²) >= 11 is 6.03. The third-order valence-corrected chi connectivity index (χ3v) is 8.27. The van der Waals surface area contributed by atoms with Crippen LogP contribution in [0.15, 0.2) is 77.7 Å². The summed E-state index contributed by atoms with van der Waals surface area (Å²) in [5.74, 6) is -0.839. The molecule has 2 amide bonds. The number of halogens is 2. The van der Waals surface area contributed by atoms with Crippen LogP contribution in [0.2, 0.25) is 5.02 Å². The number of anilines is 1. The predicted molar refractivity (Wildman–Crippen MR) is 158 cm³/mol. The zero-order valence-electron chi connectivity index (χ0n) is 23.5. The Labute approximate surface area is 246 Å². The van der Waals surface area contributed by atoms with Crippen molar-refractivity contribution in [3.05, 3.63) is 89.2 Å². The van der Waals surface area contributed by atoms with Crippen molar-refractivity contribution in [3.8, 4) is 5.75 Å². The van der Waals surface area contributed by atoms with E-state index in [2.05, 4.69) is 5.32 Å². The van der Waals surface area contributed by atoms with Crippen LogP contribution < -0.4 is 14.4 Å². The molecule has 0 saturated carbocycles. The Hall–Kier alpha value is -3.63. The highest BCUT2D eigenvalue weighted by atomic mass is 35.5. The number of carbonyl (C=O) groups excluding carboxylic acids is 2. The molecule has 1 atom stereocenters. The molecule has 3 aromatic rings. The van der Waals surface area contributed by atoms with E-state index in [0.29, 0.717) is 29.5 Å². The number of hydrogen-bond acceptors (Lipinski definition) is 5. The highest BCUT2D eigenvalue weighted by Gasteiger charge is 2.32. The zero-order chi connectivity index (χ0) is 30.2. The molecule has 0 saturated heterocycles. The summed E-state index contributed by atoms with van der Waals surface area (Å²) in [5.41, 5.74) is 0.912. The maximum Gasteiger partial charge on any atom is 0.264 e. The van der Waals surface area contributed by atoms with E-state index in [1.807, 2.05) is 20.8 Å². The van der Waals surface area contributed by atoms with Gasteiger partial charge < -0.3 is 15.0 Å². The Kier molecular flexibility index (Phi) is 11.1.